The predicted octanol–water partition coefficient (Wildman–Crippen LogP) is 2.24. The zero-order valence-corrected chi connectivity index (χ0v) is 13.2. The summed E-state index contributed by atoms with van der Waals surface area (Å²) in [5, 5.41) is 5.63. The first-order chi connectivity index (χ1) is 11.7. The van der Waals surface area contributed by atoms with Crippen molar-refractivity contribution in [2.24, 2.45) is 0 Å². The molecule has 0 aliphatic carbocycles. The van der Waals surface area contributed by atoms with Crippen LogP contribution in [0.2, 0.25) is 0 Å². The van der Waals surface area contributed by atoms with E-state index in [-0.39, 0.29) is 17.9 Å². The van der Waals surface area contributed by atoms with Gasteiger partial charge in [0, 0.05) is 36.8 Å². The van der Waals surface area contributed by atoms with Crippen LogP contribution >= 0.6 is 0 Å². The van der Waals surface area contributed by atoms with Crippen LogP contribution in [-0.2, 0) is 4.74 Å². The van der Waals surface area contributed by atoms with E-state index in [1.165, 1.54) is 6.20 Å². The van der Waals surface area contributed by atoms with Gasteiger partial charge in [0.15, 0.2) is 0 Å². The van der Waals surface area contributed by atoms with E-state index in [1.54, 1.807) is 42.6 Å². The number of pyridine rings is 1. The van der Waals surface area contributed by atoms with Gasteiger partial charge in [-0.1, -0.05) is 6.07 Å². The van der Waals surface area contributed by atoms with Crippen molar-refractivity contribution >= 4 is 17.5 Å². The third-order valence-corrected chi connectivity index (χ3v) is 3.82. The van der Waals surface area contributed by atoms with E-state index in [2.05, 4.69) is 15.6 Å². The summed E-state index contributed by atoms with van der Waals surface area (Å²) in [6.45, 7) is 1.27. The SMILES string of the molecule is O=C(NCC1CCCO1)c1cccc(NC(=O)c2cccnc2)c1. The van der Waals surface area contributed by atoms with E-state index in [4.69, 9.17) is 4.74 Å². The molecule has 0 spiro atoms. The molecule has 0 bridgehead atoms. The van der Waals surface area contributed by atoms with Gasteiger partial charge in [-0.05, 0) is 43.2 Å². The number of nitrogens with one attached hydrogen (secondary N) is 2. The minimum absolute atomic E-state index is 0.0995. The summed E-state index contributed by atoms with van der Waals surface area (Å²) in [5.74, 6) is -0.442. The van der Waals surface area contributed by atoms with Gasteiger partial charge in [0.05, 0.1) is 11.7 Å². The molecule has 24 heavy (non-hydrogen) atoms. The van der Waals surface area contributed by atoms with Crippen molar-refractivity contribution in [2.45, 2.75) is 18.9 Å². The van der Waals surface area contributed by atoms with E-state index < -0.39 is 0 Å². The zero-order valence-electron chi connectivity index (χ0n) is 13.2. The molecule has 1 aromatic carbocycles. The van der Waals surface area contributed by atoms with Crippen molar-refractivity contribution in [3.63, 3.8) is 0 Å². The van der Waals surface area contributed by atoms with Gasteiger partial charge in [-0.3, -0.25) is 14.6 Å². The Hall–Kier alpha value is -2.73. The lowest BCUT2D eigenvalue weighted by molar-refractivity contribution is 0.0857. The second-order valence-corrected chi connectivity index (χ2v) is 5.62. The number of anilines is 1. The van der Waals surface area contributed by atoms with Gasteiger partial charge in [-0.15, -0.1) is 0 Å². The minimum Gasteiger partial charge on any atom is -0.376 e. The molecule has 1 aliphatic rings. The number of hydrogen-bond acceptors (Lipinski definition) is 4. The third kappa shape index (κ3) is 4.17. The molecule has 6 heteroatoms. The second kappa shape index (κ2) is 7.70. The highest BCUT2D eigenvalue weighted by atomic mass is 16.5. The molecule has 124 valence electrons. The topological polar surface area (TPSA) is 80.3 Å². The summed E-state index contributed by atoms with van der Waals surface area (Å²) < 4.78 is 5.49. The normalized spacial score (nSPS) is 16.6. The van der Waals surface area contributed by atoms with Crippen molar-refractivity contribution in [1.82, 2.24) is 10.3 Å². The van der Waals surface area contributed by atoms with Gasteiger partial charge in [0.2, 0.25) is 0 Å². The highest BCUT2D eigenvalue weighted by Gasteiger charge is 2.17. The maximum absolute atomic E-state index is 12.2. The predicted molar refractivity (Wildman–Crippen MR) is 89.9 cm³/mol. The quantitative estimate of drug-likeness (QED) is 0.883. The fourth-order valence-corrected chi connectivity index (χ4v) is 2.55. The third-order valence-electron chi connectivity index (χ3n) is 3.82. The molecule has 1 saturated heterocycles. The fourth-order valence-electron chi connectivity index (χ4n) is 2.55. The summed E-state index contributed by atoms with van der Waals surface area (Å²) >= 11 is 0. The van der Waals surface area contributed by atoms with Crippen molar-refractivity contribution in [1.29, 1.82) is 0 Å². The highest BCUT2D eigenvalue weighted by Crippen LogP contribution is 2.13. The molecule has 0 radical (unpaired) electrons. The molecule has 6 nitrogen and oxygen atoms in total. The molecule has 1 aliphatic heterocycles. The van der Waals surface area contributed by atoms with Crippen LogP contribution in [0.3, 0.4) is 0 Å². The van der Waals surface area contributed by atoms with Crippen LogP contribution in [-0.4, -0.2) is 36.1 Å². The van der Waals surface area contributed by atoms with Gasteiger partial charge in [0.25, 0.3) is 11.8 Å². The molecular weight excluding hydrogens is 306 g/mol. The number of rotatable bonds is 5. The summed E-state index contributed by atoms with van der Waals surface area (Å²) in [6, 6.07) is 10.2. The Bertz CT molecular complexity index is 712. The summed E-state index contributed by atoms with van der Waals surface area (Å²) in [7, 11) is 0. The van der Waals surface area contributed by atoms with E-state index in [0.717, 1.165) is 19.4 Å². The molecule has 1 unspecified atom stereocenters. The molecular formula is C18H19N3O3. The van der Waals surface area contributed by atoms with Crippen molar-refractivity contribution in [3.8, 4) is 0 Å². The van der Waals surface area contributed by atoms with Gasteiger partial charge < -0.3 is 15.4 Å². The van der Waals surface area contributed by atoms with Gasteiger partial charge in [0.1, 0.15) is 0 Å². The molecule has 2 aromatic rings. The smallest absolute Gasteiger partial charge is 0.257 e. The molecule has 2 amide bonds. The molecule has 1 aromatic heterocycles. The van der Waals surface area contributed by atoms with Gasteiger partial charge in [-0.25, -0.2) is 0 Å². The number of amides is 2. The average Bonchev–Trinajstić information content (AvgIpc) is 3.14. The lowest BCUT2D eigenvalue weighted by Gasteiger charge is -2.11. The van der Waals surface area contributed by atoms with Crippen LogP contribution in [0.1, 0.15) is 33.6 Å². The number of benzene rings is 1. The molecule has 1 fully saturated rings. The van der Waals surface area contributed by atoms with Crippen LogP contribution in [0.25, 0.3) is 0 Å². The van der Waals surface area contributed by atoms with Crippen molar-refractivity contribution in [2.75, 3.05) is 18.5 Å². The zero-order chi connectivity index (χ0) is 16.8. The monoisotopic (exact) mass is 325 g/mol. The van der Waals surface area contributed by atoms with Crippen LogP contribution in [0, 0.1) is 0 Å². The standard InChI is InChI=1S/C18H19N3O3/c22-17(20-12-16-7-3-9-24-16)13-4-1-6-15(10-13)21-18(23)14-5-2-8-19-11-14/h1-2,4-6,8,10-11,16H,3,7,9,12H2,(H,20,22)(H,21,23). The van der Waals surface area contributed by atoms with E-state index in [0.29, 0.717) is 23.4 Å². The van der Waals surface area contributed by atoms with E-state index >= 15 is 0 Å². The molecule has 2 N–H and O–H groups in total. The van der Waals surface area contributed by atoms with Crippen LogP contribution < -0.4 is 10.6 Å². The van der Waals surface area contributed by atoms with Gasteiger partial charge in [-0.2, -0.15) is 0 Å². The molecule has 2 heterocycles. The summed E-state index contributed by atoms with van der Waals surface area (Å²) in [4.78, 5) is 28.3. The lowest BCUT2D eigenvalue weighted by atomic mass is 10.1. The van der Waals surface area contributed by atoms with Crippen LogP contribution in [0.15, 0.2) is 48.8 Å². The maximum Gasteiger partial charge on any atom is 0.257 e. The van der Waals surface area contributed by atoms with Crippen molar-refractivity contribution in [3.05, 3.63) is 59.9 Å². The number of nitrogens with zero attached hydrogens (tertiary/aromatic N) is 1. The summed E-state index contributed by atoms with van der Waals surface area (Å²) in [6.07, 6.45) is 5.21. The first kappa shape index (κ1) is 16.1. The van der Waals surface area contributed by atoms with Gasteiger partial charge >= 0.3 is 0 Å². The average molecular weight is 325 g/mol. The number of carbonyl (C=O) groups excluding carboxylic acids is 2. The highest BCUT2D eigenvalue weighted by molar-refractivity contribution is 6.04. The van der Waals surface area contributed by atoms with Crippen LogP contribution in [0.4, 0.5) is 5.69 Å². The molecule has 1 atom stereocenters. The largest absolute Gasteiger partial charge is 0.376 e. The van der Waals surface area contributed by atoms with E-state index in [1.807, 2.05) is 0 Å². The van der Waals surface area contributed by atoms with Crippen LogP contribution in [0.5, 0.6) is 0 Å². The number of aromatic nitrogens is 1. The Morgan fingerprint density at radius 1 is 1.17 bits per heavy atom. The molecule has 0 saturated carbocycles. The Balaban J connectivity index is 1.61. The van der Waals surface area contributed by atoms with E-state index in [9.17, 15) is 9.59 Å². The second-order valence-electron chi connectivity index (χ2n) is 5.62. The Kier molecular flexibility index (Phi) is 5.18. The number of carbonyl (C=O) groups is 2. The fraction of sp³-hybridized carbons (Fsp3) is 0.278. The number of hydrogen-bond donors (Lipinski definition) is 2. The number of ether oxygens (including phenoxy) is 1. The minimum atomic E-state index is -0.264. The molecule has 3 rings (SSSR count). The first-order valence-electron chi connectivity index (χ1n) is 7.93. The summed E-state index contributed by atoms with van der Waals surface area (Å²) in [5.41, 5.74) is 1.52. The Labute approximate surface area is 140 Å². The maximum atomic E-state index is 12.2. The lowest BCUT2D eigenvalue weighted by Crippen LogP contribution is -2.31. The Morgan fingerprint density at radius 3 is 2.79 bits per heavy atom. The Morgan fingerprint density at radius 2 is 2.04 bits per heavy atom. The first-order valence-corrected chi connectivity index (χ1v) is 7.93. The van der Waals surface area contributed by atoms with Crippen molar-refractivity contribution < 1.29 is 14.3 Å².